The molecule has 0 radical (unpaired) electrons. The van der Waals surface area contributed by atoms with E-state index in [1.54, 1.807) is 0 Å². The molecule has 3 nitrogen and oxygen atoms in total. The minimum Gasteiger partial charge on any atom is -0.497 e. The van der Waals surface area contributed by atoms with Gasteiger partial charge in [-0.2, -0.15) is 0 Å². The van der Waals surface area contributed by atoms with Crippen LogP contribution in [0.3, 0.4) is 0 Å². The van der Waals surface area contributed by atoms with Crippen molar-refractivity contribution in [2.45, 2.75) is 65.0 Å². The highest BCUT2D eigenvalue weighted by Crippen LogP contribution is 2.33. The third-order valence-electron chi connectivity index (χ3n) is 4.69. The van der Waals surface area contributed by atoms with Crippen LogP contribution in [0.4, 0.5) is 0 Å². The van der Waals surface area contributed by atoms with Crippen LogP contribution >= 0.6 is 0 Å². The first-order valence-corrected chi connectivity index (χ1v) is 7.95. The van der Waals surface area contributed by atoms with E-state index in [1.807, 2.05) is 0 Å². The Balaban J connectivity index is 3.08. The topological polar surface area (TPSA) is 24.5 Å². The Morgan fingerprint density at radius 2 is 1.89 bits per heavy atom. The molecule has 0 bridgehead atoms. The molecule has 0 saturated heterocycles. The maximum Gasteiger partial charge on any atom is 0.111 e. The van der Waals surface area contributed by atoms with E-state index < -0.39 is 0 Å². The molecule has 1 heterocycles. The van der Waals surface area contributed by atoms with Gasteiger partial charge in [-0.25, -0.2) is 0 Å². The molecule has 1 rings (SSSR count). The van der Waals surface area contributed by atoms with Gasteiger partial charge in [-0.15, -0.1) is 0 Å². The van der Waals surface area contributed by atoms with Gasteiger partial charge in [0.2, 0.25) is 0 Å². The van der Waals surface area contributed by atoms with E-state index in [0.717, 1.165) is 51.1 Å². The summed E-state index contributed by atoms with van der Waals surface area (Å²) in [7, 11) is 2.06. The van der Waals surface area contributed by atoms with Crippen LogP contribution in [0.2, 0.25) is 0 Å². The van der Waals surface area contributed by atoms with Crippen molar-refractivity contribution >= 4 is 0 Å². The van der Waals surface area contributed by atoms with Gasteiger partial charge in [0.15, 0.2) is 0 Å². The number of allylic oxidation sites excluding steroid dienone is 1. The van der Waals surface area contributed by atoms with Crippen LogP contribution in [-0.2, 0) is 4.74 Å². The molecule has 19 heavy (non-hydrogen) atoms. The van der Waals surface area contributed by atoms with Crippen LogP contribution in [0, 0.1) is 0 Å². The molecule has 1 N–H and O–H groups in total. The van der Waals surface area contributed by atoms with Gasteiger partial charge >= 0.3 is 0 Å². The Morgan fingerprint density at radius 3 is 2.26 bits per heavy atom. The Hall–Kier alpha value is -0.540. The molecule has 0 fully saturated rings. The maximum atomic E-state index is 5.95. The molecule has 0 amide bonds. The summed E-state index contributed by atoms with van der Waals surface area (Å²) in [5.41, 5.74) is 0.154. The fourth-order valence-electron chi connectivity index (χ4n) is 3.59. The van der Waals surface area contributed by atoms with Gasteiger partial charge in [-0.1, -0.05) is 27.7 Å². The second-order valence-electron chi connectivity index (χ2n) is 5.30. The van der Waals surface area contributed by atoms with Crippen LogP contribution < -0.4 is 5.32 Å². The van der Waals surface area contributed by atoms with Crippen molar-refractivity contribution in [3.05, 3.63) is 11.8 Å². The summed E-state index contributed by atoms with van der Waals surface area (Å²) in [6, 6.07) is 0.294. The summed E-state index contributed by atoms with van der Waals surface area (Å²) < 4.78 is 5.95. The number of likely N-dealkylation sites (N-methyl/N-ethyl adjacent to an activating group) is 2. The summed E-state index contributed by atoms with van der Waals surface area (Å²) in [6.07, 6.45) is 6.86. The largest absolute Gasteiger partial charge is 0.497 e. The van der Waals surface area contributed by atoms with Crippen LogP contribution in [-0.4, -0.2) is 43.2 Å². The summed E-state index contributed by atoms with van der Waals surface area (Å²) in [6.45, 7) is 12.2. The number of hydrogen-bond acceptors (Lipinski definition) is 3. The molecule has 0 aromatic carbocycles. The summed E-state index contributed by atoms with van der Waals surface area (Å²) in [4.78, 5) is 2.59. The van der Waals surface area contributed by atoms with Gasteiger partial charge in [0.05, 0.1) is 12.6 Å². The quantitative estimate of drug-likeness (QED) is 0.732. The van der Waals surface area contributed by atoms with E-state index in [0.29, 0.717) is 6.04 Å². The van der Waals surface area contributed by atoms with Crippen LogP contribution in [0.1, 0.15) is 53.4 Å². The molecular weight excluding hydrogens is 236 g/mol. The molecule has 3 heteroatoms. The number of nitrogens with zero attached hydrogens (tertiary/aromatic N) is 1. The van der Waals surface area contributed by atoms with Gasteiger partial charge in [0.25, 0.3) is 0 Å². The number of rotatable bonds is 8. The third kappa shape index (κ3) is 3.32. The fraction of sp³-hybridized carbons (Fsp3) is 0.875. The first-order chi connectivity index (χ1) is 9.19. The Bertz CT molecular complexity index is 280. The minimum absolute atomic E-state index is 0.154. The highest BCUT2D eigenvalue weighted by molar-refractivity contribution is 5.15. The molecule has 112 valence electrons. The van der Waals surface area contributed by atoms with E-state index in [9.17, 15) is 0 Å². The lowest BCUT2D eigenvalue weighted by molar-refractivity contribution is 0.0348. The van der Waals surface area contributed by atoms with Crippen molar-refractivity contribution in [3.63, 3.8) is 0 Å². The minimum atomic E-state index is 0.154. The zero-order valence-electron chi connectivity index (χ0n) is 13.5. The zero-order chi connectivity index (χ0) is 14.3. The predicted molar refractivity (Wildman–Crippen MR) is 82.4 cm³/mol. The normalized spacial score (nSPS) is 18.1. The first kappa shape index (κ1) is 16.5. The maximum absolute atomic E-state index is 5.95. The van der Waals surface area contributed by atoms with Crippen molar-refractivity contribution in [2.24, 2.45) is 0 Å². The average Bonchev–Trinajstić information content (AvgIpc) is 2.48. The monoisotopic (exact) mass is 268 g/mol. The smallest absolute Gasteiger partial charge is 0.111 e. The van der Waals surface area contributed by atoms with E-state index >= 15 is 0 Å². The molecule has 0 saturated carbocycles. The molecule has 0 spiro atoms. The highest BCUT2D eigenvalue weighted by Gasteiger charge is 2.42. The molecule has 1 unspecified atom stereocenters. The second kappa shape index (κ2) is 7.91. The second-order valence-corrected chi connectivity index (χ2v) is 5.30. The zero-order valence-corrected chi connectivity index (χ0v) is 13.5. The van der Waals surface area contributed by atoms with Crippen molar-refractivity contribution in [3.8, 4) is 0 Å². The number of ether oxygens (including phenoxy) is 1. The molecule has 1 aliphatic rings. The van der Waals surface area contributed by atoms with Crippen LogP contribution in [0.15, 0.2) is 11.8 Å². The lowest BCUT2D eigenvalue weighted by Crippen LogP contribution is -2.61. The predicted octanol–water partition coefficient (Wildman–Crippen LogP) is 3.17. The molecule has 1 aliphatic heterocycles. The fourth-order valence-corrected chi connectivity index (χ4v) is 3.59. The SMILES string of the molecule is CCN(CC)C(CC)(CC)C(NC)C1=CCCCO1. The Kier molecular flexibility index (Phi) is 6.87. The summed E-state index contributed by atoms with van der Waals surface area (Å²) >= 11 is 0. The van der Waals surface area contributed by atoms with E-state index in [-0.39, 0.29) is 5.54 Å². The van der Waals surface area contributed by atoms with E-state index in [4.69, 9.17) is 4.74 Å². The molecule has 0 aromatic heterocycles. The molecule has 0 aliphatic carbocycles. The van der Waals surface area contributed by atoms with E-state index in [1.165, 1.54) is 0 Å². The van der Waals surface area contributed by atoms with Gasteiger partial charge in [0, 0.05) is 5.54 Å². The summed E-state index contributed by atoms with van der Waals surface area (Å²) in [5, 5.41) is 3.53. The first-order valence-electron chi connectivity index (χ1n) is 7.95. The number of nitrogens with one attached hydrogen (secondary N) is 1. The van der Waals surface area contributed by atoms with Crippen LogP contribution in [0.5, 0.6) is 0 Å². The molecule has 1 atom stereocenters. The van der Waals surface area contributed by atoms with Crippen molar-refractivity contribution in [1.82, 2.24) is 10.2 Å². The Labute approximate surface area is 119 Å². The molecule has 0 aromatic rings. The van der Waals surface area contributed by atoms with Gasteiger partial charge in [-0.3, -0.25) is 4.90 Å². The van der Waals surface area contributed by atoms with Gasteiger partial charge in [0.1, 0.15) is 5.76 Å². The lowest BCUT2D eigenvalue weighted by Gasteiger charge is -2.48. The summed E-state index contributed by atoms with van der Waals surface area (Å²) in [5.74, 6) is 1.16. The van der Waals surface area contributed by atoms with Crippen LogP contribution in [0.25, 0.3) is 0 Å². The Morgan fingerprint density at radius 1 is 1.26 bits per heavy atom. The van der Waals surface area contributed by atoms with Crippen molar-refractivity contribution < 1.29 is 4.74 Å². The lowest BCUT2D eigenvalue weighted by atomic mass is 9.80. The van der Waals surface area contributed by atoms with Crippen molar-refractivity contribution in [2.75, 3.05) is 26.7 Å². The highest BCUT2D eigenvalue weighted by atomic mass is 16.5. The number of hydrogen-bond donors (Lipinski definition) is 1. The van der Waals surface area contributed by atoms with Gasteiger partial charge < -0.3 is 10.1 Å². The molecular formula is C16H32N2O. The average molecular weight is 268 g/mol. The van der Waals surface area contributed by atoms with Gasteiger partial charge in [-0.05, 0) is 51.9 Å². The third-order valence-corrected chi connectivity index (χ3v) is 4.69. The van der Waals surface area contributed by atoms with E-state index in [2.05, 4.69) is 51.0 Å². The standard InChI is InChI=1S/C16H32N2O/c1-6-16(7-2,18(8-3)9-4)15(17-5)14-12-10-11-13-19-14/h12,15,17H,6-11,13H2,1-5H3. The van der Waals surface area contributed by atoms with Crippen molar-refractivity contribution in [1.29, 1.82) is 0 Å².